The summed E-state index contributed by atoms with van der Waals surface area (Å²) in [5, 5.41) is 6.76. The number of piperazine rings is 1. The second kappa shape index (κ2) is 13.7. The number of amides is 1. The number of benzene rings is 2. The highest BCUT2D eigenvalue weighted by molar-refractivity contribution is 5.94. The lowest BCUT2D eigenvalue weighted by molar-refractivity contribution is 0.0588. The molecule has 1 aliphatic carbocycles. The molecule has 240 valence electrons. The number of piperidine rings is 1. The van der Waals surface area contributed by atoms with Gasteiger partial charge in [-0.2, -0.15) is 0 Å². The number of rotatable bonds is 7. The summed E-state index contributed by atoms with van der Waals surface area (Å²) in [4.78, 5) is 18.0. The highest BCUT2D eigenvalue weighted by Gasteiger charge is 2.33. The van der Waals surface area contributed by atoms with E-state index in [0.29, 0.717) is 43.0 Å². The van der Waals surface area contributed by atoms with E-state index in [9.17, 15) is 9.18 Å². The Balaban J connectivity index is 1.10. The summed E-state index contributed by atoms with van der Waals surface area (Å²) in [5.41, 5.74) is 3.26. The fraction of sp³-hybridized carbons (Fsp3) is 0.639. The van der Waals surface area contributed by atoms with Gasteiger partial charge < -0.3 is 29.9 Å². The molecule has 1 atom stereocenters. The van der Waals surface area contributed by atoms with Gasteiger partial charge >= 0.3 is 0 Å². The summed E-state index contributed by atoms with van der Waals surface area (Å²) >= 11 is 0. The Morgan fingerprint density at radius 3 is 2.20 bits per heavy atom. The minimum absolute atomic E-state index is 0.0639. The van der Waals surface area contributed by atoms with Crippen molar-refractivity contribution in [3.63, 3.8) is 0 Å². The molecular weight excluding hydrogens is 555 g/mol. The zero-order chi connectivity index (χ0) is 30.7. The minimum atomic E-state index is -0.331. The average molecular weight is 607 g/mol. The molecular formula is C36H51FN4O3. The third-order valence-corrected chi connectivity index (χ3v) is 10.4. The van der Waals surface area contributed by atoms with Crippen LogP contribution in [0.5, 0.6) is 11.5 Å². The van der Waals surface area contributed by atoms with Crippen LogP contribution in [-0.4, -0.2) is 75.4 Å². The van der Waals surface area contributed by atoms with Gasteiger partial charge in [0.1, 0.15) is 18.0 Å². The largest absolute Gasteiger partial charge is 0.489 e. The van der Waals surface area contributed by atoms with Crippen LogP contribution in [-0.2, 0) is 0 Å². The van der Waals surface area contributed by atoms with Crippen molar-refractivity contribution in [2.75, 3.05) is 57.3 Å². The van der Waals surface area contributed by atoms with Gasteiger partial charge in [-0.3, -0.25) is 4.79 Å². The summed E-state index contributed by atoms with van der Waals surface area (Å²) in [6.07, 6.45) is 7.13. The molecule has 1 saturated carbocycles. The van der Waals surface area contributed by atoms with Crippen molar-refractivity contribution in [3.05, 3.63) is 53.3 Å². The van der Waals surface area contributed by atoms with Gasteiger partial charge in [0.05, 0.1) is 0 Å². The normalized spacial score (nSPS) is 25.2. The lowest BCUT2D eigenvalue weighted by Crippen LogP contribution is -2.43. The first-order valence-corrected chi connectivity index (χ1v) is 17.0. The van der Waals surface area contributed by atoms with Crippen LogP contribution < -0.4 is 25.0 Å². The Kier molecular flexibility index (Phi) is 9.67. The lowest BCUT2D eigenvalue weighted by atomic mass is 9.68. The third-order valence-electron chi connectivity index (χ3n) is 10.4. The minimum Gasteiger partial charge on any atom is -0.489 e. The molecule has 0 radical (unpaired) electrons. The summed E-state index contributed by atoms with van der Waals surface area (Å²) in [6.45, 7) is 13.8. The zero-order valence-corrected chi connectivity index (χ0v) is 26.9. The molecule has 2 aromatic carbocycles. The summed E-state index contributed by atoms with van der Waals surface area (Å²) < 4.78 is 27.4. The van der Waals surface area contributed by atoms with Crippen molar-refractivity contribution in [1.29, 1.82) is 0 Å². The SMILES string of the molecule is CC(C)(C)C1CCC(c2cc(C(=O)N3CCC(Oc4cc(N5CCNCC5)ccc4F)CC3)ccc2O[C@H]2CCNC2)CC1. The van der Waals surface area contributed by atoms with Crippen molar-refractivity contribution in [2.45, 2.75) is 83.8 Å². The molecule has 0 unspecified atom stereocenters. The van der Waals surface area contributed by atoms with Gasteiger partial charge in [0, 0.05) is 76.0 Å². The van der Waals surface area contributed by atoms with Gasteiger partial charge in [0.25, 0.3) is 5.91 Å². The maximum absolute atomic E-state index is 14.7. The van der Waals surface area contributed by atoms with E-state index in [4.69, 9.17) is 9.47 Å². The Hall–Kier alpha value is -2.84. The van der Waals surface area contributed by atoms with Crippen LogP contribution in [0.15, 0.2) is 36.4 Å². The van der Waals surface area contributed by atoms with E-state index in [1.54, 1.807) is 0 Å². The first kappa shape index (κ1) is 31.2. The smallest absolute Gasteiger partial charge is 0.253 e. The number of nitrogens with zero attached hydrogens (tertiary/aromatic N) is 2. The van der Waals surface area contributed by atoms with Crippen LogP contribution >= 0.6 is 0 Å². The predicted octanol–water partition coefficient (Wildman–Crippen LogP) is 5.98. The molecule has 6 rings (SSSR count). The quantitative estimate of drug-likeness (QED) is 0.405. The standard InChI is InChI=1S/C36H51FN4O3/c1-36(2,3)27-7-4-25(5-8-27)31-22-26(6-11-33(31)44-30-12-15-39-24-30)35(42)41-18-13-29(14-19-41)43-34-23-28(9-10-32(34)37)40-20-16-38-17-21-40/h6,9-11,22-23,25,27,29-30,38-39H,4-5,7-8,12-21,24H2,1-3H3/t25?,27?,30-/m0/s1. The molecule has 4 fully saturated rings. The van der Waals surface area contributed by atoms with Crippen LogP contribution in [0.4, 0.5) is 10.1 Å². The first-order chi connectivity index (χ1) is 21.2. The van der Waals surface area contributed by atoms with E-state index in [-0.39, 0.29) is 23.9 Å². The highest BCUT2D eigenvalue weighted by Crippen LogP contribution is 2.45. The van der Waals surface area contributed by atoms with Gasteiger partial charge in [-0.1, -0.05) is 20.8 Å². The fourth-order valence-electron chi connectivity index (χ4n) is 7.53. The maximum atomic E-state index is 14.7. The van der Waals surface area contributed by atoms with E-state index >= 15 is 0 Å². The molecule has 8 heteroatoms. The molecule has 3 heterocycles. The van der Waals surface area contributed by atoms with Gasteiger partial charge in [-0.25, -0.2) is 4.39 Å². The van der Waals surface area contributed by atoms with Crippen molar-refractivity contribution >= 4 is 11.6 Å². The van der Waals surface area contributed by atoms with E-state index in [0.717, 1.165) is 81.4 Å². The number of hydrogen-bond acceptors (Lipinski definition) is 6. The van der Waals surface area contributed by atoms with Crippen LogP contribution in [0.2, 0.25) is 0 Å². The zero-order valence-electron chi connectivity index (χ0n) is 26.9. The van der Waals surface area contributed by atoms with E-state index in [2.05, 4.69) is 42.4 Å². The molecule has 3 aliphatic heterocycles. The summed E-state index contributed by atoms with van der Waals surface area (Å²) in [5.74, 6) is 2.14. The Bertz CT molecular complexity index is 1270. The van der Waals surface area contributed by atoms with Crippen molar-refractivity contribution in [3.8, 4) is 11.5 Å². The fourth-order valence-corrected chi connectivity index (χ4v) is 7.53. The van der Waals surface area contributed by atoms with Crippen LogP contribution in [0.3, 0.4) is 0 Å². The number of likely N-dealkylation sites (tertiary alicyclic amines) is 1. The van der Waals surface area contributed by atoms with Crippen molar-refractivity contribution < 1.29 is 18.7 Å². The topological polar surface area (TPSA) is 66.1 Å². The molecule has 1 amide bonds. The lowest BCUT2D eigenvalue weighted by Gasteiger charge is -2.37. The van der Waals surface area contributed by atoms with Gasteiger partial charge in [-0.05, 0) is 91.8 Å². The van der Waals surface area contributed by atoms with Crippen LogP contribution in [0, 0.1) is 17.2 Å². The number of halogens is 1. The monoisotopic (exact) mass is 606 g/mol. The maximum Gasteiger partial charge on any atom is 0.253 e. The number of hydrogen-bond donors (Lipinski definition) is 2. The van der Waals surface area contributed by atoms with E-state index in [1.807, 2.05) is 29.2 Å². The van der Waals surface area contributed by atoms with Crippen molar-refractivity contribution in [2.24, 2.45) is 11.3 Å². The third kappa shape index (κ3) is 7.34. The molecule has 2 aromatic rings. The molecule has 0 aromatic heterocycles. The Labute approximate surface area is 262 Å². The average Bonchev–Trinajstić information content (AvgIpc) is 3.56. The van der Waals surface area contributed by atoms with Crippen LogP contribution in [0.1, 0.15) is 87.6 Å². The molecule has 7 nitrogen and oxygen atoms in total. The van der Waals surface area contributed by atoms with Gasteiger partial charge in [0.2, 0.25) is 0 Å². The van der Waals surface area contributed by atoms with E-state index in [1.165, 1.54) is 24.5 Å². The number of carbonyl (C=O) groups is 1. The Morgan fingerprint density at radius 2 is 1.52 bits per heavy atom. The van der Waals surface area contributed by atoms with E-state index < -0.39 is 0 Å². The van der Waals surface area contributed by atoms with Crippen molar-refractivity contribution in [1.82, 2.24) is 15.5 Å². The number of anilines is 1. The molecule has 44 heavy (non-hydrogen) atoms. The number of ether oxygens (including phenoxy) is 2. The number of nitrogens with one attached hydrogen (secondary N) is 2. The molecule has 4 aliphatic rings. The first-order valence-electron chi connectivity index (χ1n) is 17.0. The second-order valence-corrected chi connectivity index (χ2v) is 14.4. The second-order valence-electron chi connectivity index (χ2n) is 14.4. The molecule has 2 N–H and O–H groups in total. The number of carbonyl (C=O) groups excluding carboxylic acids is 1. The molecule has 3 saturated heterocycles. The van der Waals surface area contributed by atoms with Crippen LogP contribution in [0.25, 0.3) is 0 Å². The summed E-state index contributed by atoms with van der Waals surface area (Å²) in [6, 6.07) is 11.3. The Morgan fingerprint density at radius 1 is 0.795 bits per heavy atom. The van der Waals surface area contributed by atoms with Gasteiger partial charge in [-0.15, -0.1) is 0 Å². The molecule has 0 spiro atoms. The summed E-state index contributed by atoms with van der Waals surface area (Å²) in [7, 11) is 0. The highest BCUT2D eigenvalue weighted by atomic mass is 19.1. The van der Waals surface area contributed by atoms with Gasteiger partial charge in [0.15, 0.2) is 11.6 Å². The molecule has 0 bridgehead atoms. The predicted molar refractivity (Wildman–Crippen MR) is 174 cm³/mol.